The van der Waals surface area contributed by atoms with Crippen LogP contribution in [-0.2, 0) is 32.6 Å². The van der Waals surface area contributed by atoms with E-state index in [2.05, 4.69) is 4.98 Å². The summed E-state index contributed by atoms with van der Waals surface area (Å²) in [4.78, 5) is 17.9. The highest BCUT2D eigenvalue weighted by atomic mass is 32.2. The van der Waals surface area contributed by atoms with Crippen LogP contribution >= 0.6 is 0 Å². The lowest BCUT2D eigenvalue weighted by Gasteiger charge is -2.22. The van der Waals surface area contributed by atoms with Crippen LogP contribution < -0.4 is 0 Å². The maximum atomic E-state index is 12.0. The molecule has 134 valence electrons. The number of fused-ring (bicyclic) bond motifs is 1. The summed E-state index contributed by atoms with van der Waals surface area (Å²) >= 11 is 0. The number of ether oxygens (including phenoxy) is 1. The fraction of sp³-hybridized carbons (Fsp3) is 0.733. The molecule has 1 fully saturated rings. The van der Waals surface area contributed by atoms with Gasteiger partial charge in [0.1, 0.15) is 6.61 Å². The first kappa shape index (κ1) is 17.4. The molecule has 1 aromatic rings. The number of hydrogen-bond acceptors (Lipinski definition) is 5. The molecule has 9 heteroatoms. The monoisotopic (exact) mass is 356 g/mol. The van der Waals surface area contributed by atoms with Crippen molar-refractivity contribution in [2.75, 3.05) is 39.1 Å². The summed E-state index contributed by atoms with van der Waals surface area (Å²) in [6, 6.07) is 0. The number of aromatic nitrogens is 2. The molecule has 8 nitrogen and oxygen atoms in total. The molecule has 2 aliphatic rings. The number of amides is 1. The third-order valence-corrected chi connectivity index (χ3v) is 5.78. The van der Waals surface area contributed by atoms with Crippen LogP contribution in [0.5, 0.6) is 0 Å². The molecule has 1 atom stereocenters. The molecule has 0 N–H and O–H groups in total. The summed E-state index contributed by atoms with van der Waals surface area (Å²) in [5.41, 5.74) is 0.871. The van der Waals surface area contributed by atoms with Crippen LogP contribution in [0, 0.1) is 5.92 Å². The third-order valence-electron chi connectivity index (χ3n) is 4.56. The molecule has 1 unspecified atom stereocenters. The van der Waals surface area contributed by atoms with Crippen molar-refractivity contribution < 1.29 is 17.9 Å². The van der Waals surface area contributed by atoms with Crippen LogP contribution in [-0.4, -0.2) is 72.2 Å². The SMILES string of the molecule is CS(=O)(=O)N1Cc2cncn2CC(COCC(=O)N2CCCC2)C1. The van der Waals surface area contributed by atoms with Gasteiger partial charge in [0, 0.05) is 38.3 Å². The molecule has 1 aromatic heterocycles. The summed E-state index contributed by atoms with van der Waals surface area (Å²) in [5.74, 6) is 0.00552. The molecule has 0 spiro atoms. The first-order valence-corrected chi connectivity index (χ1v) is 10.1. The summed E-state index contributed by atoms with van der Waals surface area (Å²) < 4.78 is 33.0. The van der Waals surface area contributed by atoms with Gasteiger partial charge in [-0.2, -0.15) is 4.31 Å². The van der Waals surface area contributed by atoms with Crippen LogP contribution in [0.15, 0.2) is 12.5 Å². The minimum atomic E-state index is -3.30. The normalized spacial score (nSPS) is 22.4. The molecule has 1 amide bonds. The van der Waals surface area contributed by atoms with E-state index in [9.17, 15) is 13.2 Å². The average molecular weight is 356 g/mol. The summed E-state index contributed by atoms with van der Waals surface area (Å²) in [5, 5.41) is 0. The predicted molar refractivity (Wildman–Crippen MR) is 87.6 cm³/mol. The van der Waals surface area contributed by atoms with Crippen molar-refractivity contribution in [3.8, 4) is 0 Å². The van der Waals surface area contributed by atoms with Crippen molar-refractivity contribution in [1.82, 2.24) is 18.8 Å². The first-order valence-electron chi connectivity index (χ1n) is 8.23. The second kappa shape index (κ2) is 7.20. The van der Waals surface area contributed by atoms with Crippen molar-refractivity contribution in [2.24, 2.45) is 5.92 Å². The Hall–Kier alpha value is -1.45. The number of likely N-dealkylation sites (tertiary alicyclic amines) is 1. The van der Waals surface area contributed by atoms with Crippen LogP contribution in [0.3, 0.4) is 0 Å². The van der Waals surface area contributed by atoms with Crippen molar-refractivity contribution in [2.45, 2.75) is 25.9 Å². The van der Waals surface area contributed by atoms with Gasteiger partial charge >= 0.3 is 0 Å². The maximum Gasteiger partial charge on any atom is 0.248 e. The Morgan fingerprint density at radius 1 is 1.33 bits per heavy atom. The Bertz CT molecular complexity index is 681. The van der Waals surface area contributed by atoms with Gasteiger partial charge in [-0.3, -0.25) is 4.79 Å². The Morgan fingerprint density at radius 3 is 2.79 bits per heavy atom. The quantitative estimate of drug-likeness (QED) is 0.736. The number of hydrogen-bond donors (Lipinski definition) is 0. The molecule has 1 saturated heterocycles. The van der Waals surface area contributed by atoms with E-state index >= 15 is 0 Å². The van der Waals surface area contributed by atoms with Crippen LogP contribution in [0.4, 0.5) is 0 Å². The molecule has 0 radical (unpaired) electrons. The molecule has 24 heavy (non-hydrogen) atoms. The lowest BCUT2D eigenvalue weighted by molar-refractivity contribution is -0.135. The standard InChI is InChI=1S/C15H24N4O4S/c1-24(21,22)19-8-13(7-18-12-16-6-14(18)9-19)10-23-11-15(20)17-4-2-3-5-17/h6,12-13H,2-5,7-11H2,1H3. The van der Waals surface area contributed by atoms with Crippen molar-refractivity contribution in [3.63, 3.8) is 0 Å². The van der Waals surface area contributed by atoms with Gasteiger partial charge in [-0.15, -0.1) is 0 Å². The lowest BCUT2D eigenvalue weighted by Crippen LogP contribution is -2.36. The number of sulfonamides is 1. The highest BCUT2D eigenvalue weighted by Gasteiger charge is 2.28. The minimum absolute atomic E-state index is 0.0125. The van der Waals surface area contributed by atoms with E-state index in [1.165, 1.54) is 10.6 Å². The maximum absolute atomic E-state index is 12.0. The Morgan fingerprint density at radius 2 is 2.08 bits per heavy atom. The average Bonchev–Trinajstić information content (AvgIpc) is 3.15. The second-order valence-electron chi connectivity index (χ2n) is 6.56. The van der Waals surface area contributed by atoms with E-state index in [-0.39, 0.29) is 18.4 Å². The number of rotatable bonds is 5. The summed E-state index contributed by atoms with van der Waals surface area (Å²) in [7, 11) is -3.30. The van der Waals surface area contributed by atoms with Gasteiger partial charge in [0.05, 0.1) is 31.4 Å². The number of nitrogens with zero attached hydrogens (tertiary/aromatic N) is 4. The van der Waals surface area contributed by atoms with Crippen molar-refractivity contribution in [1.29, 1.82) is 0 Å². The van der Waals surface area contributed by atoms with Gasteiger partial charge in [-0.25, -0.2) is 13.4 Å². The second-order valence-corrected chi connectivity index (χ2v) is 8.54. The summed E-state index contributed by atoms with van der Waals surface area (Å²) in [6.07, 6.45) is 6.73. The van der Waals surface area contributed by atoms with E-state index in [0.717, 1.165) is 31.6 Å². The van der Waals surface area contributed by atoms with E-state index < -0.39 is 10.0 Å². The van der Waals surface area contributed by atoms with Crippen LogP contribution in [0.2, 0.25) is 0 Å². The van der Waals surface area contributed by atoms with Gasteiger partial charge in [0.15, 0.2) is 0 Å². The largest absolute Gasteiger partial charge is 0.371 e. The molecule has 3 rings (SSSR count). The van der Waals surface area contributed by atoms with Crippen LogP contribution in [0.1, 0.15) is 18.5 Å². The molecule has 0 bridgehead atoms. The van der Waals surface area contributed by atoms with Gasteiger partial charge in [0.25, 0.3) is 0 Å². The zero-order chi connectivity index (χ0) is 17.2. The smallest absolute Gasteiger partial charge is 0.248 e. The van der Waals surface area contributed by atoms with Gasteiger partial charge in [-0.05, 0) is 12.8 Å². The number of imidazole rings is 1. The zero-order valence-electron chi connectivity index (χ0n) is 13.9. The van der Waals surface area contributed by atoms with E-state index in [1.54, 1.807) is 12.5 Å². The van der Waals surface area contributed by atoms with Gasteiger partial charge in [-0.1, -0.05) is 0 Å². The molecule has 3 heterocycles. The predicted octanol–water partition coefficient (Wildman–Crippen LogP) is -0.0865. The van der Waals surface area contributed by atoms with E-state index in [4.69, 9.17) is 4.74 Å². The summed E-state index contributed by atoms with van der Waals surface area (Å²) in [6.45, 7) is 3.38. The third kappa shape index (κ3) is 4.14. The van der Waals surface area contributed by atoms with Crippen molar-refractivity contribution >= 4 is 15.9 Å². The van der Waals surface area contributed by atoms with Crippen LogP contribution in [0.25, 0.3) is 0 Å². The first-order chi connectivity index (χ1) is 11.4. The molecule has 0 saturated carbocycles. The minimum Gasteiger partial charge on any atom is -0.371 e. The van der Waals surface area contributed by atoms with Gasteiger partial charge < -0.3 is 14.2 Å². The van der Waals surface area contributed by atoms with E-state index in [0.29, 0.717) is 26.2 Å². The lowest BCUT2D eigenvalue weighted by atomic mass is 10.1. The topological polar surface area (TPSA) is 84.7 Å². The Kier molecular flexibility index (Phi) is 5.21. The molecule has 2 aliphatic heterocycles. The zero-order valence-corrected chi connectivity index (χ0v) is 14.7. The molecule has 0 aliphatic carbocycles. The Balaban J connectivity index is 1.59. The number of carbonyl (C=O) groups is 1. The molecular formula is C15H24N4O4S. The molecular weight excluding hydrogens is 332 g/mol. The Labute approximate surface area is 142 Å². The number of carbonyl (C=O) groups excluding carboxylic acids is 1. The fourth-order valence-corrected chi connectivity index (χ4v) is 4.09. The van der Waals surface area contributed by atoms with Crippen molar-refractivity contribution in [3.05, 3.63) is 18.2 Å². The fourth-order valence-electron chi connectivity index (χ4n) is 3.24. The highest BCUT2D eigenvalue weighted by molar-refractivity contribution is 7.88. The molecule has 0 aromatic carbocycles. The van der Waals surface area contributed by atoms with Gasteiger partial charge in [0.2, 0.25) is 15.9 Å². The highest BCUT2D eigenvalue weighted by Crippen LogP contribution is 2.19. The van der Waals surface area contributed by atoms with E-state index in [1.807, 2.05) is 9.47 Å².